The van der Waals surface area contributed by atoms with E-state index in [2.05, 4.69) is 27.8 Å². The summed E-state index contributed by atoms with van der Waals surface area (Å²) in [5.41, 5.74) is 2.09. The zero-order chi connectivity index (χ0) is 20.1. The first kappa shape index (κ1) is 19.1. The van der Waals surface area contributed by atoms with Crippen molar-refractivity contribution in [1.82, 2.24) is 4.98 Å². The van der Waals surface area contributed by atoms with Gasteiger partial charge in [-0.15, -0.1) is 11.3 Å². The third-order valence-electron chi connectivity index (χ3n) is 4.71. The number of benzene rings is 2. The van der Waals surface area contributed by atoms with Gasteiger partial charge in [-0.2, -0.15) is 0 Å². The van der Waals surface area contributed by atoms with Crippen molar-refractivity contribution in [3.8, 4) is 0 Å². The lowest BCUT2D eigenvalue weighted by molar-refractivity contribution is -0.117. The number of fused-ring (bicyclic) bond motifs is 1. The van der Waals surface area contributed by atoms with Crippen LogP contribution in [0.15, 0.2) is 66.8 Å². The summed E-state index contributed by atoms with van der Waals surface area (Å²) in [6.07, 6.45) is 9.88. The molecule has 0 aliphatic heterocycles. The van der Waals surface area contributed by atoms with Gasteiger partial charge in [0, 0.05) is 12.5 Å². The smallest absolute Gasteiger partial charge is 0.248 e. The number of amides is 2. The van der Waals surface area contributed by atoms with Crippen molar-refractivity contribution in [1.29, 1.82) is 0 Å². The number of anilines is 2. The second-order valence-electron chi connectivity index (χ2n) is 6.91. The van der Waals surface area contributed by atoms with Crippen LogP contribution in [0.2, 0.25) is 0 Å². The fourth-order valence-electron chi connectivity index (χ4n) is 3.29. The van der Waals surface area contributed by atoms with E-state index in [1.807, 2.05) is 36.4 Å². The van der Waals surface area contributed by atoms with E-state index in [4.69, 9.17) is 0 Å². The Morgan fingerprint density at radius 1 is 1.07 bits per heavy atom. The molecule has 6 heteroatoms. The van der Waals surface area contributed by atoms with Crippen LogP contribution in [-0.2, 0) is 9.59 Å². The number of aromatic nitrogens is 1. The summed E-state index contributed by atoms with van der Waals surface area (Å²) < 4.78 is 1.08. The molecule has 0 saturated carbocycles. The second-order valence-corrected chi connectivity index (χ2v) is 7.97. The Morgan fingerprint density at radius 2 is 1.83 bits per heavy atom. The predicted molar refractivity (Wildman–Crippen MR) is 119 cm³/mol. The van der Waals surface area contributed by atoms with Crippen LogP contribution in [-0.4, -0.2) is 16.8 Å². The molecule has 1 aliphatic carbocycles. The molecule has 0 fully saturated rings. The average Bonchev–Trinajstić information content (AvgIpc) is 3.37. The van der Waals surface area contributed by atoms with Crippen molar-refractivity contribution < 1.29 is 9.59 Å². The lowest BCUT2D eigenvalue weighted by Crippen LogP contribution is -2.17. The standard InChI is InChI=1S/C23H21N3O2S/c27-21(13-14-23-26-19-11-5-6-12-20(19)29-23)24-17-9-3-4-10-18(17)25-22(28)15-16-7-1-2-8-16/h1,3-7,9-14,16H,2,8,15H2,(H,24,27)(H,25,28). The molecule has 2 N–H and O–H groups in total. The number of carbonyl (C=O) groups is 2. The third-order valence-corrected chi connectivity index (χ3v) is 5.71. The van der Waals surface area contributed by atoms with Gasteiger partial charge in [-0.1, -0.05) is 36.4 Å². The lowest BCUT2D eigenvalue weighted by atomic mass is 10.0. The van der Waals surface area contributed by atoms with Gasteiger partial charge in [0.05, 0.1) is 21.6 Å². The minimum Gasteiger partial charge on any atom is -0.324 e. The highest BCUT2D eigenvalue weighted by Gasteiger charge is 2.15. The lowest BCUT2D eigenvalue weighted by Gasteiger charge is -2.12. The van der Waals surface area contributed by atoms with Gasteiger partial charge in [0.2, 0.25) is 11.8 Å². The van der Waals surface area contributed by atoms with Crippen LogP contribution in [0.4, 0.5) is 11.4 Å². The van der Waals surface area contributed by atoms with Crippen LogP contribution in [0.5, 0.6) is 0 Å². The van der Waals surface area contributed by atoms with Crippen LogP contribution < -0.4 is 10.6 Å². The first-order valence-electron chi connectivity index (χ1n) is 9.57. The highest BCUT2D eigenvalue weighted by atomic mass is 32.1. The van der Waals surface area contributed by atoms with Crippen molar-refractivity contribution in [3.63, 3.8) is 0 Å². The molecular weight excluding hydrogens is 382 g/mol. The molecule has 0 saturated heterocycles. The van der Waals surface area contributed by atoms with Crippen LogP contribution in [0.1, 0.15) is 24.3 Å². The maximum Gasteiger partial charge on any atom is 0.248 e. The summed E-state index contributed by atoms with van der Waals surface area (Å²) >= 11 is 1.53. The highest BCUT2D eigenvalue weighted by molar-refractivity contribution is 7.19. The number of allylic oxidation sites excluding steroid dienone is 2. The van der Waals surface area contributed by atoms with Crippen LogP contribution in [0.25, 0.3) is 16.3 Å². The fraction of sp³-hybridized carbons (Fsp3) is 0.174. The van der Waals surface area contributed by atoms with E-state index in [0.717, 1.165) is 28.1 Å². The summed E-state index contributed by atoms with van der Waals surface area (Å²) in [7, 11) is 0. The molecule has 1 atom stereocenters. The first-order valence-corrected chi connectivity index (χ1v) is 10.4. The normalized spacial score (nSPS) is 15.8. The van der Waals surface area contributed by atoms with Gasteiger partial charge in [-0.05, 0) is 49.1 Å². The van der Waals surface area contributed by atoms with Gasteiger partial charge < -0.3 is 10.6 Å². The Hall–Kier alpha value is -3.25. The van der Waals surface area contributed by atoms with Gasteiger partial charge in [0.25, 0.3) is 0 Å². The number of carbonyl (C=O) groups excluding carboxylic acids is 2. The Kier molecular flexibility index (Phi) is 5.81. The van der Waals surface area contributed by atoms with Crippen LogP contribution >= 0.6 is 11.3 Å². The van der Waals surface area contributed by atoms with E-state index in [0.29, 0.717) is 23.7 Å². The maximum absolute atomic E-state index is 12.4. The van der Waals surface area contributed by atoms with E-state index in [9.17, 15) is 9.59 Å². The third kappa shape index (κ3) is 4.97. The van der Waals surface area contributed by atoms with E-state index in [-0.39, 0.29) is 11.8 Å². The maximum atomic E-state index is 12.4. The Bertz CT molecular complexity index is 1070. The van der Waals surface area contributed by atoms with E-state index < -0.39 is 0 Å². The van der Waals surface area contributed by atoms with Gasteiger partial charge in [0.15, 0.2) is 0 Å². The zero-order valence-corrected chi connectivity index (χ0v) is 16.6. The van der Waals surface area contributed by atoms with Gasteiger partial charge in [0.1, 0.15) is 5.01 Å². The van der Waals surface area contributed by atoms with Gasteiger partial charge >= 0.3 is 0 Å². The SMILES string of the molecule is O=C(C=Cc1nc2ccccc2s1)Nc1ccccc1NC(=O)CC1C=CCC1. The second kappa shape index (κ2) is 8.84. The molecule has 2 amide bonds. The minimum absolute atomic E-state index is 0.0479. The summed E-state index contributed by atoms with van der Waals surface area (Å²) in [6.45, 7) is 0. The Morgan fingerprint density at radius 3 is 2.59 bits per heavy atom. The number of hydrogen-bond acceptors (Lipinski definition) is 4. The molecule has 1 aliphatic rings. The molecule has 3 aromatic rings. The monoisotopic (exact) mass is 403 g/mol. The van der Waals surface area contributed by atoms with Gasteiger partial charge in [-0.3, -0.25) is 9.59 Å². The van der Waals surface area contributed by atoms with E-state index >= 15 is 0 Å². The summed E-state index contributed by atoms with van der Waals surface area (Å²) in [4.78, 5) is 29.2. The topological polar surface area (TPSA) is 71.1 Å². The largest absolute Gasteiger partial charge is 0.324 e. The molecule has 29 heavy (non-hydrogen) atoms. The van der Waals surface area contributed by atoms with Crippen molar-refractivity contribution in [2.24, 2.45) is 5.92 Å². The summed E-state index contributed by atoms with van der Waals surface area (Å²) in [5, 5.41) is 6.52. The molecule has 5 nitrogen and oxygen atoms in total. The van der Waals surface area contributed by atoms with E-state index in [1.165, 1.54) is 17.4 Å². The number of nitrogens with one attached hydrogen (secondary N) is 2. The number of hydrogen-bond donors (Lipinski definition) is 2. The molecule has 0 radical (unpaired) electrons. The Labute approximate surface area is 173 Å². The summed E-state index contributed by atoms with van der Waals surface area (Å²) in [6, 6.07) is 15.1. The fourth-order valence-corrected chi connectivity index (χ4v) is 4.16. The molecule has 0 bridgehead atoms. The van der Waals surface area contributed by atoms with Crippen LogP contribution in [0.3, 0.4) is 0 Å². The molecular formula is C23H21N3O2S. The Balaban J connectivity index is 1.40. The molecule has 0 spiro atoms. The van der Waals surface area contributed by atoms with Gasteiger partial charge in [-0.25, -0.2) is 4.98 Å². The van der Waals surface area contributed by atoms with E-state index in [1.54, 1.807) is 18.2 Å². The molecule has 146 valence electrons. The minimum atomic E-state index is -0.273. The molecule has 1 unspecified atom stereocenters. The number of rotatable bonds is 6. The zero-order valence-electron chi connectivity index (χ0n) is 15.8. The molecule has 2 aromatic carbocycles. The van der Waals surface area contributed by atoms with Crippen LogP contribution in [0, 0.1) is 5.92 Å². The van der Waals surface area contributed by atoms with Crippen molar-refractivity contribution >= 4 is 50.8 Å². The van der Waals surface area contributed by atoms with Crippen molar-refractivity contribution in [3.05, 3.63) is 71.8 Å². The van der Waals surface area contributed by atoms with Crippen molar-refractivity contribution in [2.45, 2.75) is 19.3 Å². The van der Waals surface area contributed by atoms with Crippen molar-refractivity contribution in [2.75, 3.05) is 10.6 Å². The molecule has 4 rings (SSSR count). The average molecular weight is 404 g/mol. The number of thiazole rings is 1. The number of nitrogens with zero attached hydrogens (tertiary/aromatic N) is 1. The highest BCUT2D eigenvalue weighted by Crippen LogP contribution is 2.25. The molecule has 1 aromatic heterocycles. The summed E-state index contributed by atoms with van der Waals surface area (Å²) in [5.74, 6) is -0.0218. The quantitative estimate of drug-likeness (QED) is 0.437. The number of para-hydroxylation sites is 3. The molecule has 1 heterocycles. The first-order chi connectivity index (χ1) is 14.2. The predicted octanol–water partition coefficient (Wildman–Crippen LogP) is 5.24.